The summed E-state index contributed by atoms with van der Waals surface area (Å²) in [5.41, 5.74) is 0.764. The quantitative estimate of drug-likeness (QED) is 0.616. The molecule has 0 aliphatic heterocycles. The van der Waals surface area contributed by atoms with Gasteiger partial charge >= 0.3 is 5.97 Å². The van der Waals surface area contributed by atoms with Gasteiger partial charge in [-0.3, -0.25) is 4.79 Å². The van der Waals surface area contributed by atoms with E-state index in [1.807, 2.05) is 37.3 Å². The number of rotatable bonds is 8. The first-order valence-corrected chi connectivity index (χ1v) is 6.27. The summed E-state index contributed by atoms with van der Waals surface area (Å²) in [6.07, 6.45) is 1.75. The van der Waals surface area contributed by atoms with E-state index in [1.54, 1.807) is 0 Å². The van der Waals surface area contributed by atoms with Crippen molar-refractivity contribution in [2.24, 2.45) is 5.92 Å². The highest BCUT2D eigenvalue weighted by Crippen LogP contribution is 2.13. The van der Waals surface area contributed by atoms with Crippen LogP contribution in [0.2, 0.25) is 0 Å². The van der Waals surface area contributed by atoms with Crippen molar-refractivity contribution in [2.45, 2.75) is 25.8 Å². The summed E-state index contributed by atoms with van der Waals surface area (Å²) in [5, 5.41) is 21.1. The van der Waals surface area contributed by atoms with Gasteiger partial charge in [0.15, 0.2) is 0 Å². The minimum Gasteiger partial charge on any atom is -0.480 e. The molecule has 0 spiro atoms. The van der Waals surface area contributed by atoms with E-state index >= 15 is 0 Å². The van der Waals surface area contributed by atoms with Crippen molar-refractivity contribution in [3.63, 3.8) is 0 Å². The SMILES string of the molecule is CC(CO)CCCNC(C(=O)O)c1ccccc1. The van der Waals surface area contributed by atoms with Crippen molar-refractivity contribution in [1.29, 1.82) is 0 Å². The minimum absolute atomic E-state index is 0.182. The Kier molecular flexibility index (Phi) is 6.39. The molecule has 1 rings (SSSR count). The Balaban J connectivity index is 2.43. The van der Waals surface area contributed by atoms with E-state index in [4.69, 9.17) is 5.11 Å². The molecular weight excluding hydrogens is 230 g/mol. The Morgan fingerprint density at radius 1 is 1.33 bits per heavy atom. The zero-order valence-electron chi connectivity index (χ0n) is 10.7. The van der Waals surface area contributed by atoms with Gasteiger partial charge in [-0.1, -0.05) is 37.3 Å². The fourth-order valence-corrected chi connectivity index (χ4v) is 1.78. The molecule has 0 aliphatic carbocycles. The number of hydrogen-bond acceptors (Lipinski definition) is 3. The van der Waals surface area contributed by atoms with Gasteiger partial charge in [0.1, 0.15) is 6.04 Å². The smallest absolute Gasteiger partial charge is 0.325 e. The highest BCUT2D eigenvalue weighted by atomic mass is 16.4. The number of aliphatic hydroxyl groups is 1. The number of carboxylic acids is 1. The maximum Gasteiger partial charge on any atom is 0.325 e. The van der Waals surface area contributed by atoms with Gasteiger partial charge in [-0.25, -0.2) is 0 Å². The van der Waals surface area contributed by atoms with Gasteiger partial charge in [0.25, 0.3) is 0 Å². The lowest BCUT2D eigenvalue weighted by atomic mass is 10.1. The second kappa shape index (κ2) is 7.84. The molecule has 2 unspecified atom stereocenters. The molecule has 0 amide bonds. The van der Waals surface area contributed by atoms with Crippen LogP contribution in [-0.4, -0.2) is 29.3 Å². The minimum atomic E-state index is -0.864. The van der Waals surface area contributed by atoms with Crippen LogP contribution < -0.4 is 5.32 Å². The van der Waals surface area contributed by atoms with Gasteiger partial charge in [0, 0.05) is 6.61 Å². The summed E-state index contributed by atoms with van der Waals surface area (Å²) in [6.45, 7) is 2.79. The van der Waals surface area contributed by atoms with Crippen LogP contribution in [0.4, 0.5) is 0 Å². The lowest BCUT2D eigenvalue weighted by molar-refractivity contribution is -0.139. The molecule has 1 aromatic rings. The van der Waals surface area contributed by atoms with Crippen LogP contribution in [0.25, 0.3) is 0 Å². The monoisotopic (exact) mass is 251 g/mol. The molecule has 0 bridgehead atoms. The third-order valence-electron chi connectivity index (χ3n) is 2.91. The maximum absolute atomic E-state index is 11.2. The molecule has 0 saturated heterocycles. The van der Waals surface area contributed by atoms with Crippen LogP contribution >= 0.6 is 0 Å². The summed E-state index contributed by atoms with van der Waals surface area (Å²) >= 11 is 0. The summed E-state index contributed by atoms with van der Waals surface area (Å²) in [6, 6.07) is 8.49. The largest absolute Gasteiger partial charge is 0.480 e. The lowest BCUT2D eigenvalue weighted by Crippen LogP contribution is -2.29. The first kappa shape index (κ1) is 14.7. The Hall–Kier alpha value is -1.39. The molecule has 0 aliphatic rings. The molecule has 0 radical (unpaired) electrons. The molecule has 4 nitrogen and oxygen atoms in total. The van der Waals surface area contributed by atoms with E-state index in [2.05, 4.69) is 5.32 Å². The van der Waals surface area contributed by atoms with Crippen LogP contribution in [-0.2, 0) is 4.79 Å². The Morgan fingerprint density at radius 3 is 2.56 bits per heavy atom. The first-order chi connectivity index (χ1) is 8.65. The van der Waals surface area contributed by atoms with Crippen molar-refractivity contribution in [2.75, 3.05) is 13.2 Å². The molecule has 100 valence electrons. The molecule has 0 saturated carbocycles. The maximum atomic E-state index is 11.2. The van der Waals surface area contributed by atoms with Crippen molar-refractivity contribution >= 4 is 5.97 Å². The second-order valence-corrected chi connectivity index (χ2v) is 4.57. The van der Waals surface area contributed by atoms with Gasteiger partial charge in [-0.05, 0) is 30.9 Å². The molecule has 0 fully saturated rings. The van der Waals surface area contributed by atoms with Gasteiger partial charge in [-0.15, -0.1) is 0 Å². The highest BCUT2D eigenvalue weighted by molar-refractivity contribution is 5.75. The number of hydrogen-bond donors (Lipinski definition) is 3. The summed E-state index contributed by atoms with van der Waals surface area (Å²) in [5.74, 6) is -0.594. The lowest BCUT2D eigenvalue weighted by Gasteiger charge is -2.15. The highest BCUT2D eigenvalue weighted by Gasteiger charge is 2.18. The zero-order chi connectivity index (χ0) is 13.4. The number of aliphatic hydroxyl groups excluding tert-OH is 1. The average Bonchev–Trinajstić information content (AvgIpc) is 2.38. The van der Waals surface area contributed by atoms with Crippen LogP contribution in [0.3, 0.4) is 0 Å². The molecule has 1 aromatic carbocycles. The van der Waals surface area contributed by atoms with Gasteiger partial charge in [-0.2, -0.15) is 0 Å². The normalized spacial score (nSPS) is 14.1. The topological polar surface area (TPSA) is 69.6 Å². The number of nitrogens with one attached hydrogen (secondary N) is 1. The molecule has 0 heterocycles. The fraction of sp³-hybridized carbons (Fsp3) is 0.500. The van der Waals surface area contributed by atoms with Gasteiger partial charge in [0.2, 0.25) is 0 Å². The predicted octanol–water partition coefficient (Wildman–Crippen LogP) is 1.81. The zero-order valence-corrected chi connectivity index (χ0v) is 10.7. The van der Waals surface area contributed by atoms with Crippen LogP contribution in [0.15, 0.2) is 30.3 Å². The van der Waals surface area contributed by atoms with E-state index in [1.165, 1.54) is 0 Å². The molecule has 18 heavy (non-hydrogen) atoms. The van der Waals surface area contributed by atoms with E-state index in [0.717, 1.165) is 18.4 Å². The third-order valence-corrected chi connectivity index (χ3v) is 2.91. The van der Waals surface area contributed by atoms with Crippen LogP contribution in [0, 0.1) is 5.92 Å². The number of benzene rings is 1. The van der Waals surface area contributed by atoms with Crippen molar-refractivity contribution in [3.8, 4) is 0 Å². The standard InChI is InChI=1S/C14H21NO3/c1-11(10-16)6-5-9-15-13(14(17)18)12-7-3-2-4-8-12/h2-4,7-8,11,13,15-16H,5-6,9-10H2,1H3,(H,17,18). The Labute approximate surface area is 108 Å². The van der Waals surface area contributed by atoms with Crippen LogP contribution in [0.1, 0.15) is 31.4 Å². The summed E-state index contributed by atoms with van der Waals surface area (Å²) in [4.78, 5) is 11.2. The van der Waals surface area contributed by atoms with Gasteiger partial charge < -0.3 is 15.5 Å². The summed E-state index contributed by atoms with van der Waals surface area (Å²) < 4.78 is 0. The Morgan fingerprint density at radius 2 is 2.00 bits per heavy atom. The molecule has 3 N–H and O–H groups in total. The van der Waals surface area contributed by atoms with Crippen molar-refractivity contribution in [3.05, 3.63) is 35.9 Å². The first-order valence-electron chi connectivity index (χ1n) is 6.27. The van der Waals surface area contributed by atoms with Crippen LogP contribution in [0.5, 0.6) is 0 Å². The number of aliphatic carboxylic acids is 1. The summed E-state index contributed by atoms with van der Waals surface area (Å²) in [7, 11) is 0. The van der Waals surface area contributed by atoms with E-state index in [9.17, 15) is 9.90 Å². The van der Waals surface area contributed by atoms with E-state index in [-0.39, 0.29) is 12.5 Å². The van der Waals surface area contributed by atoms with Gasteiger partial charge in [0.05, 0.1) is 0 Å². The second-order valence-electron chi connectivity index (χ2n) is 4.57. The van der Waals surface area contributed by atoms with Crippen molar-refractivity contribution in [1.82, 2.24) is 5.32 Å². The van der Waals surface area contributed by atoms with Crippen molar-refractivity contribution < 1.29 is 15.0 Å². The predicted molar refractivity (Wildman–Crippen MR) is 70.3 cm³/mol. The molecule has 4 heteroatoms. The average molecular weight is 251 g/mol. The Bertz CT molecular complexity index is 353. The number of carbonyl (C=O) groups is 1. The molecule has 2 atom stereocenters. The van der Waals surface area contributed by atoms with E-state index in [0.29, 0.717) is 6.54 Å². The third kappa shape index (κ3) is 4.85. The fourth-order valence-electron chi connectivity index (χ4n) is 1.78. The molecular formula is C14H21NO3. The molecule has 0 aromatic heterocycles. The van der Waals surface area contributed by atoms with E-state index < -0.39 is 12.0 Å². The number of carboxylic acid groups (broad SMARTS) is 1.